The van der Waals surface area contributed by atoms with Crippen LogP contribution >= 0.6 is 0 Å². The number of rotatable bonds is 5. The predicted molar refractivity (Wildman–Crippen MR) is 73.5 cm³/mol. The van der Waals surface area contributed by atoms with Crippen molar-refractivity contribution in [3.05, 3.63) is 33.9 Å². The Bertz CT molecular complexity index is 669. The lowest BCUT2D eigenvalue weighted by Gasteiger charge is -2.11. The summed E-state index contributed by atoms with van der Waals surface area (Å²) >= 11 is 0. The van der Waals surface area contributed by atoms with E-state index in [-0.39, 0.29) is 23.8 Å². The number of carboxylic acid groups (broad SMARTS) is 1. The molecule has 0 saturated heterocycles. The highest BCUT2D eigenvalue weighted by Crippen LogP contribution is 2.38. The number of nitrogens with zero attached hydrogens (tertiary/aromatic N) is 2. The van der Waals surface area contributed by atoms with Gasteiger partial charge in [0, 0.05) is 13.1 Å². The summed E-state index contributed by atoms with van der Waals surface area (Å²) in [4.78, 5) is 33.7. The molecule has 0 radical (unpaired) electrons. The van der Waals surface area contributed by atoms with Crippen molar-refractivity contribution in [1.29, 1.82) is 0 Å². The molecule has 0 aromatic heterocycles. The Morgan fingerprint density at radius 3 is 2.64 bits per heavy atom. The van der Waals surface area contributed by atoms with Crippen LogP contribution in [0, 0.1) is 10.1 Å². The Morgan fingerprint density at radius 2 is 2.05 bits per heavy atom. The van der Waals surface area contributed by atoms with Gasteiger partial charge in [-0.25, -0.2) is 0 Å². The Morgan fingerprint density at radius 1 is 1.41 bits per heavy atom. The van der Waals surface area contributed by atoms with Gasteiger partial charge in [-0.15, -0.1) is 0 Å². The number of amides is 1. The zero-order valence-corrected chi connectivity index (χ0v) is 11.5. The van der Waals surface area contributed by atoms with Crippen LogP contribution < -0.4 is 9.47 Å². The summed E-state index contributed by atoms with van der Waals surface area (Å²) in [7, 11) is 1.31. The van der Waals surface area contributed by atoms with Crippen LogP contribution in [-0.2, 0) is 9.59 Å². The number of aliphatic carboxylic acids is 1. The quantitative estimate of drug-likeness (QED) is 0.487. The predicted octanol–water partition coefficient (Wildman–Crippen LogP) is 0.880. The third-order valence-corrected chi connectivity index (χ3v) is 2.87. The molecule has 0 atom stereocenters. The first-order valence-corrected chi connectivity index (χ1v) is 6.11. The third kappa shape index (κ3) is 3.32. The van der Waals surface area contributed by atoms with Crippen LogP contribution in [0.25, 0.3) is 6.08 Å². The summed E-state index contributed by atoms with van der Waals surface area (Å²) < 4.78 is 10.2. The van der Waals surface area contributed by atoms with E-state index in [4.69, 9.17) is 14.6 Å². The van der Waals surface area contributed by atoms with Crippen LogP contribution in [0.3, 0.4) is 0 Å². The molecule has 116 valence electrons. The van der Waals surface area contributed by atoms with Crippen molar-refractivity contribution in [3.63, 3.8) is 0 Å². The molecule has 2 rings (SSSR count). The largest absolute Gasteiger partial charge is 0.480 e. The van der Waals surface area contributed by atoms with Gasteiger partial charge < -0.3 is 19.5 Å². The molecule has 22 heavy (non-hydrogen) atoms. The standard InChI is InChI=1S/C13H12N2O7/c1-14(6-13(17)18)12(16)3-2-8-4-10-11(22-7-21-10)5-9(8)15(19)20/h2-5H,6-7H2,1H3,(H,17,18)/b3-2+. The number of hydrogen-bond donors (Lipinski definition) is 1. The molecule has 0 saturated carbocycles. The van der Waals surface area contributed by atoms with Crippen molar-refractivity contribution in [2.45, 2.75) is 0 Å². The molecule has 9 nitrogen and oxygen atoms in total. The van der Waals surface area contributed by atoms with E-state index in [1.807, 2.05) is 0 Å². The zero-order valence-electron chi connectivity index (χ0n) is 11.5. The summed E-state index contributed by atoms with van der Waals surface area (Å²) in [6, 6.07) is 2.61. The number of nitro benzene ring substituents is 1. The second kappa shape index (κ2) is 6.12. The molecular weight excluding hydrogens is 296 g/mol. The monoisotopic (exact) mass is 308 g/mol. The smallest absolute Gasteiger partial charge is 0.323 e. The minimum atomic E-state index is -1.15. The van der Waals surface area contributed by atoms with Crippen molar-refractivity contribution >= 4 is 23.6 Å². The lowest BCUT2D eigenvalue weighted by atomic mass is 10.1. The fourth-order valence-electron chi connectivity index (χ4n) is 1.81. The number of ether oxygens (including phenoxy) is 2. The van der Waals surface area contributed by atoms with Gasteiger partial charge in [-0.05, 0) is 12.1 Å². The van der Waals surface area contributed by atoms with Crippen LogP contribution in [0.1, 0.15) is 5.56 Å². The van der Waals surface area contributed by atoms with Gasteiger partial charge in [-0.1, -0.05) is 0 Å². The molecule has 1 heterocycles. The zero-order chi connectivity index (χ0) is 16.3. The molecule has 0 bridgehead atoms. The van der Waals surface area contributed by atoms with Crippen molar-refractivity contribution in [3.8, 4) is 11.5 Å². The third-order valence-electron chi connectivity index (χ3n) is 2.87. The summed E-state index contributed by atoms with van der Waals surface area (Å²) in [5.41, 5.74) is -0.0829. The van der Waals surface area contributed by atoms with Crippen LogP contribution in [0.5, 0.6) is 11.5 Å². The van der Waals surface area contributed by atoms with E-state index < -0.39 is 23.3 Å². The molecule has 1 aromatic carbocycles. The molecule has 0 unspecified atom stereocenters. The molecule has 1 aliphatic rings. The average molecular weight is 308 g/mol. The molecule has 1 amide bonds. The minimum Gasteiger partial charge on any atom is -0.480 e. The van der Waals surface area contributed by atoms with E-state index in [2.05, 4.69) is 0 Å². The Hall–Kier alpha value is -3.10. The Kier molecular flexibility index (Phi) is 4.25. The van der Waals surface area contributed by atoms with Crippen LogP contribution in [0.4, 0.5) is 5.69 Å². The van der Waals surface area contributed by atoms with Gasteiger partial charge in [0.2, 0.25) is 12.7 Å². The van der Waals surface area contributed by atoms with Crippen LogP contribution in [-0.4, -0.2) is 47.2 Å². The van der Waals surface area contributed by atoms with Gasteiger partial charge in [0.1, 0.15) is 6.54 Å². The van der Waals surface area contributed by atoms with Gasteiger partial charge in [-0.2, -0.15) is 0 Å². The lowest BCUT2D eigenvalue weighted by molar-refractivity contribution is -0.385. The number of carboxylic acids is 1. The summed E-state index contributed by atoms with van der Waals surface area (Å²) in [5, 5.41) is 19.7. The molecular formula is C13H12N2O7. The minimum absolute atomic E-state index is 0.0278. The Labute approximate surface area is 124 Å². The second-order valence-electron chi connectivity index (χ2n) is 4.44. The maximum Gasteiger partial charge on any atom is 0.323 e. The average Bonchev–Trinajstić information content (AvgIpc) is 2.89. The first-order valence-electron chi connectivity index (χ1n) is 6.11. The molecule has 0 spiro atoms. The van der Waals surface area contributed by atoms with Crippen molar-refractivity contribution < 1.29 is 29.1 Å². The number of hydrogen-bond acceptors (Lipinski definition) is 6. The van der Waals surface area contributed by atoms with E-state index in [0.29, 0.717) is 5.75 Å². The van der Waals surface area contributed by atoms with Crippen molar-refractivity contribution in [2.75, 3.05) is 20.4 Å². The molecule has 1 aromatic rings. The van der Waals surface area contributed by atoms with Gasteiger partial charge in [0.15, 0.2) is 11.5 Å². The Balaban J connectivity index is 2.25. The van der Waals surface area contributed by atoms with E-state index >= 15 is 0 Å². The number of fused-ring (bicyclic) bond motifs is 1. The molecule has 0 fully saturated rings. The second-order valence-corrected chi connectivity index (χ2v) is 4.44. The number of nitro groups is 1. The highest BCUT2D eigenvalue weighted by molar-refractivity contribution is 5.94. The maximum absolute atomic E-state index is 11.7. The highest BCUT2D eigenvalue weighted by atomic mass is 16.7. The van der Waals surface area contributed by atoms with Crippen molar-refractivity contribution in [1.82, 2.24) is 4.90 Å². The van der Waals surface area contributed by atoms with E-state index in [9.17, 15) is 19.7 Å². The molecule has 0 aliphatic carbocycles. The summed E-state index contributed by atoms with van der Waals surface area (Å²) in [5.74, 6) is -1.14. The van der Waals surface area contributed by atoms with Gasteiger partial charge in [0.25, 0.3) is 5.69 Å². The number of carbonyl (C=O) groups excluding carboxylic acids is 1. The molecule has 9 heteroatoms. The normalized spacial score (nSPS) is 12.4. The van der Waals surface area contributed by atoms with E-state index in [1.165, 1.54) is 25.3 Å². The SMILES string of the molecule is CN(CC(=O)O)C(=O)/C=C/c1cc2c(cc1[N+](=O)[O-])OCO2. The first-order chi connectivity index (χ1) is 10.4. The summed E-state index contributed by atoms with van der Waals surface area (Å²) in [6.07, 6.45) is 2.30. The maximum atomic E-state index is 11.7. The number of benzene rings is 1. The topological polar surface area (TPSA) is 119 Å². The summed E-state index contributed by atoms with van der Waals surface area (Å²) in [6.45, 7) is -0.494. The lowest BCUT2D eigenvalue weighted by Crippen LogP contribution is -2.30. The molecule has 1 N–H and O–H groups in total. The van der Waals surface area contributed by atoms with Gasteiger partial charge >= 0.3 is 5.97 Å². The number of likely N-dealkylation sites (N-methyl/N-ethyl adjacent to an activating group) is 1. The van der Waals surface area contributed by atoms with E-state index in [0.717, 1.165) is 11.0 Å². The first kappa shape index (κ1) is 15.3. The number of carbonyl (C=O) groups is 2. The fraction of sp³-hybridized carbons (Fsp3) is 0.231. The van der Waals surface area contributed by atoms with Gasteiger partial charge in [-0.3, -0.25) is 19.7 Å². The van der Waals surface area contributed by atoms with E-state index in [1.54, 1.807) is 0 Å². The van der Waals surface area contributed by atoms with Gasteiger partial charge in [0.05, 0.1) is 16.6 Å². The molecule has 1 aliphatic heterocycles. The van der Waals surface area contributed by atoms with Crippen molar-refractivity contribution in [2.24, 2.45) is 0 Å². The highest BCUT2D eigenvalue weighted by Gasteiger charge is 2.22. The fourth-order valence-corrected chi connectivity index (χ4v) is 1.81. The van der Waals surface area contributed by atoms with Crippen LogP contribution in [0.15, 0.2) is 18.2 Å². The van der Waals surface area contributed by atoms with Crippen LogP contribution in [0.2, 0.25) is 0 Å².